The number of Topliss-reactive ketones (excluding diaryl/α,β-unsaturated/α-hetero) is 1. The van der Waals surface area contributed by atoms with E-state index < -0.39 is 0 Å². The summed E-state index contributed by atoms with van der Waals surface area (Å²) in [6.07, 6.45) is 4.17. The maximum Gasteiger partial charge on any atom is 0.231 e. The van der Waals surface area contributed by atoms with Gasteiger partial charge >= 0.3 is 0 Å². The monoisotopic (exact) mass is 455 g/mol. The highest BCUT2D eigenvalue weighted by Gasteiger charge is 2.37. The third-order valence-corrected chi connectivity index (χ3v) is 6.16. The average Bonchev–Trinajstić information content (AvgIpc) is 3.53. The molecular formula is C22H18BrNO5. The molecule has 1 aliphatic carbocycles. The molecule has 0 saturated heterocycles. The van der Waals surface area contributed by atoms with Gasteiger partial charge in [0.25, 0.3) is 0 Å². The molecule has 1 fully saturated rings. The lowest BCUT2D eigenvalue weighted by Crippen LogP contribution is -2.33. The zero-order chi connectivity index (χ0) is 19.5. The van der Waals surface area contributed by atoms with Gasteiger partial charge in [-0.2, -0.15) is 0 Å². The molecule has 0 bridgehead atoms. The minimum Gasteiger partial charge on any atom is -0.478 e. The largest absolute Gasteiger partial charge is 0.478 e. The molecule has 0 spiro atoms. The Morgan fingerprint density at radius 2 is 2.03 bits per heavy atom. The molecule has 6 rings (SSSR count). The number of allylic oxidation sites excluding steroid dienone is 1. The van der Waals surface area contributed by atoms with Crippen LogP contribution in [-0.2, 0) is 17.9 Å². The van der Waals surface area contributed by atoms with E-state index >= 15 is 0 Å². The molecule has 0 unspecified atom stereocenters. The van der Waals surface area contributed by atoms with Crippen LogP contribution in [0.1, 0.15) is 39.9 Å². The highest BCUT2D eigenvalue weighted by atomic mass is 79.9. The van der Waals surface area contributed by atoms with E-state index in [4.69, 9.17) is 18.9 Å². The summed E-state index contributed by atoms with van der Waals surface area (Å²) in [5.74, 6) is 2.33. The van der Waals surface area contributed by atoms with Crippen molar-refractivity contribution in [3.8, 4) is 17.2 Å². The molecule has 0 atom stereocenters. The fourth-order valence-corrected chi connectivity index (χ4v) is 4.63. The molecule has 0 amide bonds. The minimum atomic E-state index is -0.118. The molecule has 0 N–H and O–H groups in total. The first-order chi connectivity index (χ1) is 14.2. The SMILES string of the molecule is O=C1/C(=C/c2cc(Br)cc3c2OCOC3)Oc2c1ccc1c2CN(C2CC2)CO1. The number of ketones is 1. The van der Waals surface area contributed by atoms with Gasteiger partial charge in [0.15, 0.2) is 12.6 Å². The van der Waals surface area contributed by atoms with Crippen LogP contribution in [0.25, 0.3) is 6.08 Å². The Bertz CT molecular complexity index is 1080. The second-order valence-electron chi connectivity index (χ2n) is 7.70. The molecule has 0 radical (unpaired) electrons. The Morgan fingerprint density at radius 3 is 2.90 bits per heavy atom. The van der Waals surface area contributed by atoms with Crippen molar-refractivity contribution in [1.29, 1.82) is 0 Å². The molecule has 4 aliphatic rings. The predicted octanol–water partition coefficient (Wildman–Crippen LogP) is 4.25. The van der Waals surface area contributed by atoms with Crippen LogP contribution in [-0.4, -0.2) is 30.2 Å². The summed E-state index contributed by atoms with van der Waals surface area (Å²) in [6, 6.07) is 8.14. The molecule has 2 aromatic rings. The summed E-state index contributed by atoms with van der Waals surface area (Å²) >= 11 is 3.52. The lowest BCUT2D eigenvalue weighted by atomic mass is 10.0. The fourth-order valence-electron chi connectivity index (χ4n) is 4.11. The van der Waals surface area contributed by atoms with Gasteiger partial charge in [0.2, 0.25) is 5.78 Å². The van der Waals surface area contributed by atoms with Gasteiger partial charge in [-0.1, -0.05) is 15.9 Å². The first kappa shape index (κ1) is 17.5. The summed E-state index contributed by atoms with van der Waals surface area (Å²) in [4.78, 5) is 15.3. The molecule has 3 aliphatic heterocycles. The number of nitrogens with zero attached hydrogens (tertiary/aromatic N) is 1. The molecular weight excluding hydrogens is 438 g/mol. The number of benzene rings is 2. The van der Waals surface area contributed by atoms with Gasteiger partial charge in [0, 0.05) is 28.2 Å². The van der Waals surface area contributed by atoms with E-state index in [0.29, 0.717) is 36.5 Å². The first-order valence-electron chi connectivity index (χ1n) is 9.67. The summed E-state index contributed by atoms with van der Waals surface area (Å²) in [5, 5.41) is 0. The highest BCUT2D eigenvalue weighted by molar-refractivity contribution is 9.10. The van der Waals surface area contributed by atoms with Crippen molar-refractivity contribution in [2.75, 3.05) is 13.5 Å². The number of halogens is 1. The van der Waals surface area contributed by atoms with Crippen molar-refractivity contribution >= 4 is 27.8 Å². The van der Waals surface area contributed by atoms with Crippen molar-refractivity contribution in [3.05, 3.63) is 56.8 Å². The van der Waals surface area contributed by atoms with Crippen LogP contribution in [0.4, 0.5) is 0 Å². The molecule has 6 nitrogen and oxygen atoms in total. The molecule has 2 aromatic carbocycles. The van der Waals surface area contributed by atoms with Gasteiger partial charge in [-0.15, -0.1) is 0 Å². The Morgan fingerprint density at radius 1 is 1.14 bits per heavy atom. The molecule has 0 aromatic heterocycles. The summed E-state index contributed by atoms with van der Waals surface area (Å²) in [5.41, 5.74) is 3.27. The van der Waals surface area contributed by atoms with Gasteiger partial charge in [0.1, 0.15) is 24.0 Å². The van der Waals surface area contributed by atoms with Gasteiger partial charge < -0.3 is 18.9 Å². The van der Waals surface area contributed by atoms with E-state index in [1.165, 1.54) is 12.8 Å². The van der Waals surface area contributed by atoms with Crippen molar-refractivity contribution < 1.29 is 23.7 Å². The molecule has 29 heavy (non-hydrogen) atoms. The van der Waals surface area contributed by atoms with Crippen molar-refractivity contribution in [3.63, 3.8) is 0 Å². The number of ether oxygens (including phenoxy) is 4. The Labute approximate surface area is 176 Å². The Hall–Kier alpha value is -2.35. The normalized spacial score (nSPS) is 21.7. The zero-order valence-electron chi connectivity index (χ0n) is 15.6. The van der Waals surface area contributed by atoms with Crippen LogP contribution in [0, 0.1) is 0 Å². The van der Waals surface area contributed by atoms with Crippen molar-refractivity contribution in [2.24, 2.45) is 0 Å². The molecule has 148 valence electrons. The predicted molar refractivity (Wildman–Crippen MR) is 108 cm³/mol. The van der Waals surface area contributed by atoms with Gasteiger partial charge in [0.05, 0.1) is 17.7 Å². The van der Waals surface area contributed by atoms with E-state index in [1.54, 1.807) is 12.1 Å². The van der Waals surface area contributed by atoms with Crippen LogP contribution >= 0.6 is 15.9 Å². The number of hydrogen-bond acceptors (Lipinski definition) is 6. The van der Waals surface area contributed by atoms with Gasteiger partial charge in [-0.3, -0.25) is 9.69 Å². The van der Waals surface area contributed by atoms with Gasteiger partial charge in [-0.25, -0.2) is 0 Å². The van der Waals surface area contributed by atoms with Crippen LogP contribution in [0.5, 0.6) is 17.2 Å². The second kappa shape index (κ2) is 6.58. The number of fused-ring (bicyclic) bond motifs is 4. The standard InChI is InChI=1S/C22H18BrNO5/c23-14-5-12(21-13(6-14)9-26-11-28-21)7-19-20(25)16-3-4-18-17(22(16)29-19)8-24(10-27-18)15-1-2-15/h3-7,15H,1-2,8-11H2/b19-7-. The third-order valence-electron chi connectivity index (χ3n) is 5.70. The van der Waals surface area contributed by atoms with Crippen molar-refractivity contribution in [2.45, 2.75) is 32.0 Å². The van der Waals surface area contributed by atoms with Crippen LogP contribution in [0.15, 0.2) is 34.5 Å². The number of carbonyl (C=O) groups is 1. The second-order valence-corrected chi connectivity index (χ2v) is 8.62. The first-order valence-corrected chi connectivity index (χ1v) is 10.5. The fraction of sp³-hybridized carbons (Fsp3) is 0.318. The van der Waals surface area contributed by atoms with E-state index in [2.05, 4.69) is 20.8 Å². The molecule has 1 saturated carbocycles. The van der Waals surface area contributed by atoms with E-state index in [1.807, 2.05) is 18.2 Å². The molecule has 7 heteroatoms. The lowest BCUT2D eigenvalue weighted by molar-refractivity contribution is -0.0165. The van der Waals surface area contributed by atoms with E-state index in [9.17, 15) is 4.79 Å². The van der Waals surface area contributed by atoms with E-state index in [-0.39, 0.29) is 12.6 Å². The zero-order valence-corrected chi connectivity index (χ0v) is 17.2. The highest BCUT2D eigenvalue weighted by Crippen LogP contribution is 2.44. The Kier molecular flexibility index (Phi) is 3.97. The number of carbonyl (C=O) groups excluding carboxylic acids is 1. The minimum absolute atomic E-state index is 0.118. The van der Waals surface area contributed by atoms with Crippen LogP contribution < -0.4 is 14.2 Å². The summed E-state index contributed by atoms with van der Waals surface area (Å²) in [6.45, 7) is 2.01. The lowest BCUT2D eigenvalue weighted by Gasteiger charge is -2.29. The maximum absolute atomic E-state index is 13.0. The number of hydrogen-bond donors (Lipinski definition) is 0. The van der Waals surface area contributed by atoms with Crippen LogP contribution in [0.2, 0.25) is 0 Å². The van der Waals surface area contributed by atoms with Crippen molar-refractivity contribution in [1.82, 2.24) is 4.90 Å². The molecule has 3 heterocycles. The topological polar surface area (TPSA) is 57.2 Å². The Balaban J connectivity index is 1.39. The van der Waals surface area contributed by atoms with E-state index in [0.717, 1.165) is 39.2 Å². The summed E-state index contributed by atoms with van der Waals surface area (Å²) in [7, 11) is 0. The van der Waals surface area contributed by atoms with Gasteiger partial charge in [-0.05, 0) is 43.2 Å². The third kappa shape index (κ3) is 2.96. The maximum atomic E-state index is 13.0. The quantitative estimate of drug-likeness (QED) is 0.631. The summed E-state index contributed by atoms with van der Waals surface area (Å²) < 4.78 is 24.0. The average molecular weight is 456 g/mol. The van der Waals surface area contributed by atoms with Crippen LogP contribution in [0.3, 0.4) is 0 Å². The number of rotatable bonds is 2. The smallest absolute Gasteiger partial charge is 0.231 e.